The number of carbonyl (C=O) groups is 2. The van der Waals surface area contributed by atoms with Crippen molar-refractivity contribution in [2.45, 2.75) is 18.4 Å². The summed E-state index contributed by atoms with van der Waals surface area (Å²) in [6, 6.07) is 7.53. The highest BCUT2D eigenvalue weighted by molar-refractivity contribution is 5.85. The first-order chi connectivity index (χ1) is 10.1. The first-order valence-electron chi connectivity index (χ1n) is 6.99. The van der Waals surface area contributed by atoms with E-state index in [0.717, 1.165) is 11.3 Å². The molecule has 2 heterocycles. The Balaban J connectivity index is 1.70. The summed E-state index contributed by atoms with van der Waals surface area (Å²) in [5, 5.41) is 8.83. The Morgan fingerprint density at radius 3 is 2.95 bits per heavy atom. The molecule has 112 valence electrons. The van der Waals surface area contributed by atoms with Gasteiger partial charge < -0.3 is 19.5 Å². The van der Waals surface area contributed by atoms with Crippen LogP contribution in [0.4, 0.5) is 0 Å². The van der Waals surface area contributed by atoms with E-state index in [-0.39, 0.29) is 18.2 Å². The Morgan fingerprint density at radius 1 is 1.33 bits per heavy atom. The Bertz CT molecular complexity index is 559. The van der Waals surface area contributed by atoms with Gasteiger partial charge in [0, 0.05) is 18.7 Å². The maximum Gasteiger partial charge on any atom is 0.306 e. The summed E-state index contributed by atoms with van der Waals surface area (Å²) in [6.07, 6.45) is -0.514. The SMILES string of the molecule is O=C(O)C[C@H]1CN(C(=O)[C@@H]2COc3ccccc32)CCO1. The van der Waals surface area contributed by atoms with Crippen LogP contribution in [-0.4, -0.2) is 54.3 Å². The minimum Gasteiger partial charge on any atom is -0.492 e. The molecule has 2 atom stereocenters. The number of nitrogens with zero attached hydrogens (tertiary/aromatic N) is 1. The molecule has 0 aliphatic carbocycles. The van der Waals surface area contributed by atoms with E-state index in [2.05, 4.69) is 0 Å². The number of hydrogen-bond donors (Lipinski definition) is 1. The minimum absolute atomic E-state index is 0.0151. The molecule has 1 saturated heterocycles. The van der Waals surface area contributed by atoms with E-state index in [1.807, 2.05) is 24.3 Å². The number of carboxylic acids is 1. The number of hydrogen-bond acceptors (Lipinski definition) is 4. The molecule has 2 aliphatic heterocycles. The minimum atomic E-state index is -0.913. The zero-order chi connectivity index (χ0) is 14.8. The number of fused-ring (bicyclic) bond motifs is 1. The van der Waals surface area contributed by atoms with Crippen molar-refractivity contribution in [2.75, 3.05) is 26.3 Å². The van der Waals surface area contributed by atoms with Crippen molar-refractivity contribution < 1.29 is 24.2 Å². The molecule has 0 radical (unpaired) electrons. The summed E-state index contributed by atoms with van der Waals surface area (Å²) in [4.78, 5) is 25.1. The van der Waals surface area contributed by atoms with E-state index in [4.69, 9.17) is 14.6 Å². The molecule has 0 spiro atoms. The number of aliphatic carboxylic acids is 1. The number of morpholine rings is 1. The number of rotatable bonds is 3. The van der Waals surface area contributed by atoms with E-state index in [0.29, 0.717) is 26.3 Å². The van der Waals surface area contributed by atoms with Crippen molar-refractivity contribution in [3.05, 3.63) is 29.8 Å². The molecule has 3 rings (SSSR count). The topological polar surface area (TPSA) is 76.1 Å². The van der Waals surface area contributed by atoms with Crippen LogP contribution >= 0.6 is 0 Å². The van der Waals surface area contributed by atoms with Crippen LogP contribution in [0.1, 0.15) is 17.9 Å². The number of ether oxygens (including phenoxy) is 2. The van der Waals surface area contributed by atoms with Gasteiger partial charge in [0.1, 0.15) is 18.3 Å². The summed E-state index contributed by atoms with van der Waals surface area (Å²) in [5.74, 6) is -0.474. The normalized spacial score (nSPS) is 24.3. The third-order valence-corrected chi connectivity index (χ3v) is 3.85. The van der Waals surface area contributed by atoms with Crippen LogP contribution in [0.5, 0.6) is 5.75 Å². The van der Waals surface area contributed by atoms with Crippen LogP contribution < -0.4 is 4.74 Å². The van der Waals surface area contributed by atoms with E-state index in [1.54, 1.807) is 4.90 Å². The van der Waals surface area contributed by atoms with Gasteiger partial charge in [0.15, 0.2) is 0 Å². The molecule has 0 bridgehead atoms. The van der Waals surface area contributed by atoms with Gasteiger partial charge in [-0.05, 0) is 6.07 Å². The average Bonchev–Trinajstić information content (AvgIpc) is 2.90. The van der Waals surface area contributed by atoms with E-state index < -0.39 is 12.1 Å². The highest BCUT2D eigenvalue weighted by Crippen LogP contribution is 2.34. The zero-order valence-electron chi connectivity index (χ0n) is 11.5. The lowest BCUT2D eigenvalue weighted by molar-refractivity contribution is -0.148. The van der Waals surface area contributed by atoms with Crippen molar-refractivity contribution in [2.24, 2.45) is 0 Å². The molecule has 2 aliphatic rings. The molecule has 6 heteroatoms. The van der Waals surface area contributed by atoms with Gasteiger partial charge in [-0.3, -0.25) is 9.59 Å². The lowest BCUT2D eigenvalue weighted by atomic mass is 9.99. The van der Waals surface area contributed by atoms with Crippen LogP contribution in [0.2, 0.25) is 0 Å². The molecular weight excluding hydrogens is 274 g/mol. The van der Waals surface area contributed by atoms with Crippen LogP contribution in [0, 0.1) is 0 Å². The molecule has 0 unspecified atom stereocenters. The molecule has 0 aromatic heterocycles. The third-order valence-electron chi connectivity index (χ3n) is 3.85. The van der Waals surface area contributed by atoms with Crippen molar-refractivity contribution in [1.29, 1.82) is 0 Å². The van der Waals surface area contributed by atoms with Crippen LogP contribution in [0.3, 0.4) is 0 Å². The number of carboxylic acid groups (broad SMARTS) is 1. The van der Waals surface area contributed by atoms with Gasteiger partial charge in [-0.1, -0.05) is 18.2 Å². The fourth-order valence-corrected chi connectivity index (χ4v) is 2.83. The fraction of sp³-hybridized carbons (Fsp3) is 0.467. The number of carbonyl (C=O) groups excluding carboxylic acids is 1. The Hall–Kier alpha value is -2.08. The predicted molar refractivity (Wildman–Crippen MR) is 73.3 cm³/mol. The number of amides is 1. The van der Waals surface area contributed by atoms with Crippen molar-refractivity contribution in [1.82, 2.24) is 4.90 Å². The van der Waals surface area contributed by atoms with E-state index >= 15 is 0 Å². The first kappa shape index (κ1) is 13.9. The zero-order valence-corrected chi connectivity index (χ0v) is 11.5. The third kappa shape index (κ3) is 2.85. The highest BCUT2D eigenvalue weighted by atomic mass is 16.5. The lowest BCUT2D eigenvalue weighted by Crippen LogP contribution is -2.48. The first-order valence-corrected chi connectivity index (χ1v) is 6.99. The largest absolute Gasteiger partial charge is 0.492 e. The van der Waals surface area contributed by atoms with Gasteiger partial charge in [0.25, 0.3) is 0 Å². The predicted octanol–water partition coefficient (Wildman–Crippen LogP) is 0.865. The van der Waals surface area contributed by atoms with Gasteiger partial charge in [-0.25, -0.2) is 0 Å². The van der Waals surface area contributed by atoms with Crippen LogP contribution in [-0.2, 0) is 14.3 Å². The summed E-state index contributed by atoms with van der Waals surface area (Å²) < 4.78 is 10.9. The maximum absolute atomic E-state index is 12.6. The molecule has 1 N–H and O–H groups in total. The molecule has 21 heavy (non-hydrogen) atoms. The van der Waals surface area contributed by atoms with Gasteiger partial charge in [0.05, 0.1) is 19.1 Å². The fourth-order valence-electron chi connectivity index (χ4n) is 2.83. The standard InChI is InChI=1S/C15H17NO5/c17-14(18)7-10-8-16(5-6-20-10)15(19)12-9-21-13-4-2-1-3-11(12)13/h1-4,10,12H,5-9H2,(H,17,18)/t10-,12+/m0/s1. The van der Waals surface area contributed by atoms with Gasteiger partial charge in [-0.2, -0.15) is 0 Å². The summed E-state index contributed by atoms with van der Waals surface area (Å²) in [5.41, 5.74) is 0.906. The molecule has 0 saturated carbocycles. The molecule has 1 amide bonds. The molecule has 1 aromatic rings. The molecular formula is C15H17NO5. The van der Waals surface area contributed by atoms with Gasteiger partial charge in [-0.15, -0.1) is 0 Å². The summed E-state index contributed by atoms with van der Waals surface area (Å²) in [6.45, 7) is 1.54. The Morgan fingerprint density at radius 2 is 2.14 bits per heavy atom. The smallest absolute Gasteiger partial charge is 0.306 e. The number of para-hydroxylation sites is 1. The lowest BCUT2D eigenvalue weighted by Gasteiger charge is -2.33. The molecule has 1 aromatic carbocycles. The molecule has 6 nitrogen and oxygen atoms in total. The monoisotopic (exact) mass is 291 g/mol. The number of benzene rings is 1. The second-order valence-corrected chi connectivity index (χ2v) is 5.28. The van der Waals surface area contributed by atoms with Gasteiger partial charge >= 0.3 is 5.97 Å². The second-order valence-electron chi connectivity index (χ2n) is 5.28. The van der Waals surface area contributed by atoms with Crippen molar-refractivity contribution >= 4 is 11.9 Å². The maximum atomic E-state index is 12.6. The van der Waals surface area contributed by atoms with Crippen molar-refractivity contribution in [3.8, 4) is 5.75 Å². The summed E-state index contributed by atoms with van der Waals surface area (Å²) >= 11 is 0. The average molecular weight is 291 g/mol. The summed E-state index contributed by atoms with van der Waals surface area (Å²) in [7, 11) is 0. The second kappa shape index (κ2) is 5.73. The quantitative estimate of drug-likeness (QED) is 0.894. The van der Waals surface area contributed by atoms with Crippen LogP contribution in [0.15, 0.2) is 24.3 Å². The van der Waals surface area contributed by atoms with E-state index in [1.165, 1.54) is 0 Å². The van der Waals surface area contributed by atoms with Gasteiger partial charge in [0.2, 0.25) is 5.91 Å². The Labute approximate surface area is 122 Å². The van der Waals surface area contributed by atoms with Crippen molar-refractivity contribution in [3.63, 3.8) is 0 Å². The highest BCUT2D eigenvalue weighted by Gasteiger charge is 2.35. The Kier molecular flexibility index (Phi) is 3.79. The van der Waals surface area contributed by atoms with Crippen LogP contribution in [0.25, 0.3) is 0 Å². The molecule has 1 fully saturated rings. The van der Waals surface area contributed by atoms with E-state index in [9.17, 15) is 9.59 Å².